The molecule has 0 amide bonds. The number of carbonyl (C=O) groups excluding carboxylic acids is 1. The first kappa shape index (κ1) is 22.3. The van der Waals surface area contributed by atoms with Gasteiger partial charge in [0.05, 0.1) is 30.5 Å². The summed E-state index contributed by atoms with van der Waals surface area (Å²) in [7, 11) is 3.33. The Morgan fingerprint density at radius 3 is 2.50 bits per heavy atom. The fraction of sp³-hybridized carbons (Fsp3) is 0.440. The molecule has 0 radical (unpaired) electrons. The molecular formula is C25H30N6O3. The standard InChI is InChI=1S/C25H30N6O3/c1-30-16-17(15-26-30)21-14-22(31-12-8-20(32)9-13-31)29-24(28-21)27-19-6-4-18(5-7-19)25(10-3-11-25)23(33)34-2/h4-7,14-16,20,32H,3,8-13H2,1-2H3,(H,27,28,29). The van der Waals surface area contributed by atoms with Crippen molar-refractivity contribution < 1.29 is 14.6 Å². The Labute approximate surface area is 198 Å². The van der Waals surface area contributed by atoms with E-state index in [1.807, 2.05) is 43.6 Å². The second kappa shape index (κ2) is 9.06. The lowest BCUT2D eigenvalue weighted by Gasteiger charge is -2.39. The highest BCUT2D eigenvalue weighted by Gasteiger charge is 2.46. The number of aryl methyl sites for hydroxylation is 1. The molecule has 2 N–H and O–H groups in total. The van der Waals surface area contributed by atoms with Gasteiger partial charge in [-0.3, -0.25) is 9.48 Å². The number of esters is 1. The second-order valence-corrected chi connectivity index (χ2v) is 9.19. The zero-order valence-corrected chi connectivity index (χ0v) is 19.6. The predicted octanol–water partition coefficient (Wildman–Crippen LogP) is 3.18. The quantitative estimate of drug-likeness (QED) is 0.538. The van der Waals surface area contributed by atoms with Crippen molar-refractivity contribution in [2.24, 2.45) is 7.05 Å². The molecule has 1 saturated heterocycles. The third-order valence-corrected chi connectivity index (χ3v) is 6.98. The molecule has 0 bridgehead atoms. The van der Waals surface area contributed by atoms with Crippen LogP contribution in [0.4, 0.5) is 17.5 Å². The zero-order chi connectivity index (χ0) is 23.7. The third-order valence-electron chi connectivity index (χ3n) is 6.98. The molecule has 2 aliphatic rings. The second-order valence-electron chi connectivity index (χ2n) is 9.19. The SMILES string of the molecule is COC(=O)C1(c2ccc(Nc3nc(-c4cnn(C)c4)cc(N4CCC(O)CC4)n3)cc2)CCC1. The molecule has 0 atom stereocenters. The van der Waals surface area contributed by atoms with Crippen LogP contribution in [0.25, 0.3) is 11.3 Å². The molecular weight excluding hydrogens is 432 g/mol. The number of aromatic nitrogens is 4. The van der Waals surface area contributed by atoms with Gasteiger partial charge >= 0.3 is 5.97 Å². The van der Waals surface area contributed by atoms with Crippen molar-refractivity contribution in [2.75, 3.05) is 30.4 Å². The third kappa shape index (κ3) is 4.23. The number of aliphatic hydroxyl groups is 1. The van der Waals surface area contributed by atoms with Crippen LogP contribution < -0.4 is 10.2 Å². The molecule has 9 nitrogen and oxygen atoms in total. The van der Waals surface area contributed by atoms with Crippen LogP contribution in [0.5, 0.6) is 0 Å². The molecule has 178 valence electrons. The summed E-state index contributed by atoms with van der Waals surface area (Å²) in [5.74, 6) is 1.14. The monoisotopic (exact) mass is 462 g/mol. The molecule has 9 heteroatoms. The first-order valence-corrected chi connectivity index (χ1v) is 11.7. The van der Waals surface area contributed by atoms with Crippen molar-refractivity contribution in [3.05, 3.63) is 48.3 Å². The van der Waals surface area contributed by atoms with Crippen molar-refractivity contribution in [1.29, 1.82) is 0 Å². The van der Waals surface area contributed by atoms with Crippen molar-refractivity contribution in [3.63, 3.8) is 0 Å². The molecule has 0 spiro atoms. The number of methoxy groups -OCH3 is 1. The molecule has 3 heterocycles. The minimum atomic E-state index is -0.518. The lowest BCUT2D eigenvalue weighted by Crippen LogP contribution is -2.43. The van der Waals surface area contributed by atoms with Gasteiger partial charge in [-0.1, -0.05) is 18.6 Å². The van der Waals surface area contributed by atoms with E-state index in [0.29, 0.717) is 5.95 Å². The summed E-state index contributed by atoms with van der Waals surface area (Å²) < 4.78 is 6.82. The van der Waals surface area contributed by atoms with Gasteiger partial charge in [0.15, 0.2) is 0 Å². The highest BCUT2D eigenvalue weighted by atomic mass is 16.5. The van der Waals surface area contributed by atoms with Crippen molar-refractivity contribution >= 4 is 23.4 Å². The van der Waals surface area contributed by atoms with Gasteiger partial charge in [0, 0.05) is 43.7 Å². The lowest BCUT2D eigenvalue weighted by molar-refractivity contribution is -0.151. The Bertz CT molecular complexity index is 1160. The van der Waals surface area contributed by atoms with E-state index in [-0.39, 0.29) is 12.1 Å². The molecule has 1 aliphatic heterocycles. The van der Waals surface area contributed by atoms with E-state index in [1.165, 1.54) is 7.11 Å². The highest BCUT2D eigenvalue weighted by molar-refractivity contribution is 5.84. The molecule has 1 saturated carbocycles. The highest BCUT2D eigenvalue weighted by Crippen LogP contribution is 2.45. The van der Waals surface area contributed by atoms with Gasteiger partial charge in [-0.2, -0.15) is 10.1 Å². The van der Waals surface area contributed by atoms with Crippen LogP contribution in [0, 0.1) is 0 Å². The number of hydrogen-bond donors (Lipinski definition) is 2. The first-order chi connectivity index (χ1) is 16.5. The minimum absolute atomic E-state index is 0.164. The largest absolute Gasteiger partial charge is 0.468 e. The summed E-state index contributed by atoms with van der Waals surface area (Å²) in [4.78, 5) is 24.1. The van der Waals surface area contributed by atoms with Gasteiger partial charge < -0.3 is 20.1 Å². The Hall–Kier alpha value is -3.46. The Balaban J connectivity index is 1.42. The maximum absolute atomic E-state index is 12.4. The predicted molar refractivity (Wildman–Crippen MR) is 129 cm³/mol. The van der Waals surface area contributed by atoms with Crippen LogP contribution in [-0.2, 0) is 22.0 Å². The number of rotatable bonds is 6. The van der Waals surface area contributed by atoms with Crippen LogP contribution in [0.15, 0.2) is 42.7 Å². The number of nitrogens with one attached hydrogen (secondary N) is 1. The van der Waals surface area contributed by atoms with Crippen molar-refractivity contribution in [3.8, 4) is 11.3 Å². The van der Waals surface area contributed by atoms with E-state index in [4.69, 9.17) is 14.7 Å². The van der Waals surface area contributed by atoms with Gasteiger partial charge in [-0.25, -0.2) is 4.98 Å². The summed E-state index contributed by atoms with van der Waals surface area (Å²) in [5.41, 5.74) is 2.99. The number of hydrogen-bond acceptors (Lipinski definition) is 8. The van der Waals surface area contributed by atoms with Crippen LogP contribution in [0.1, 0.15) is 37.7 Å². The number of benzene rings is 1. The lowest BCUT2D eigenvalue weighted by atomic mass is 9.64. The fourth-order valence-corrected chi connectivity index (χ4v) is 4.79. The maximum atomic E-state index is 12.4. The van der Waals surface area contributed by atoms with Crippen LogP contribution in [0.3, 0.4) is 0 Å². The summed E-state index contributed by atoms with van der Waals surface area (Å²) in [6, 6.07) is 9.84. The average Bonchev–Trinajstić information content (AvgIpc) is 3.26. The van der Waals surface area contributed by atoms with E-state index in [0.717, 1.165) is 73.5 Å². The average molecular weight is 463 g/mol. The smallest absolute Gasteiger partial charge is 0.316 e. The van der Waals surface area contributed by atoms with Crippen LogP contribution in [0.2, 0.25) is 0 Å². The Morgan fingerprint density at radius 1 is 1.18 bits per heavy atom. The molecule has 5 rings (SSSR count). The van der Waals surface area contributed by atoms with E-state index < -0.39 is 5.41 Å². The molecule has 2 fully saturated rings. The summed E-state index contributed by atoms with van der Waals surface area (Å²) in [5, 5.41) is 17.5. The van der Waals surface area contributed by atoms with E-state index in [2.05, 4.69) is 15.3 Å². The Morgan fingerprint density at radius 2 is 1.91 bits per heavy atom. The minimum Gasteiger partial charge on any atom is -0.468 e. The van der Waals surface area contributed by atoms with E-state index in [1.54, 1.807) is 10.9 Å². The summed E-state index contributed by atoms with van der Waals surface area (Å²) in [6.07, 6.45) is 7.56. The Kier molecular flexibility index (Phi) is 5.95. The molecule has 1 aliphatic carbocycles. The zero-order valence-electron chi connectivity index (χ0n) is 19.6. The topological polar surface area (TPSA) is 105 Å². The van der Waals surface area contributed by atoms with E-state index in [9.17, 15) is 9.90 Å². The first-order valence-electron chi connectivity index (χ1n) is 11.7. The van der Waals surface area contributed by atoms with Gasteiger partial charge in [-0.15, -0.1) is 0 Å². The number of piperidine rings is 1. The van der Waals surface area contributed by atoms with Crippen molar-refractivity contribution in [1.82, 2.24) is 19.7 Å². The maximum Gasteiger partial charge on any atom is 0.316 e. The van der Waals surface area contributed by atoms with Crippen molar-refractivity contribution in [2.45, 2.75) is 43.6 Å². The molecule has 1 aromatic carbocycles. The number of ether oxygens (including phenoxy) is 1. The van der Waals surface area contributed by atoms with Crippen LogP contribution in [-0.4, -0.2) is 57.1 Å². The van der Waals surface area contributed by atoms with Gasteiger partial charge in [0.1, 0.15) is 5.82 Å². The van der Waals surface area contributed by atoms with Gasteiger partial charge in [0.2, 0.25) is 5.95 Å². The number of carbonyl (C=O) groups is 1. The normalized spacial score (nSPS) is 17.8. The van der Waals surface area contributed by atoms with Gasteiger partial charge in [0.25, 0.3) is 0 Å². The number of nitrogens with zero attached hydrogens (tertiary/aromatic N) is 5. The number of aliphatic hydroxyl groups excluding tert-OH is 1. The molecule has 0 unspecified atom stereocenters. The summed E-state index contributed by atoms with van der Waals surface area (Å²) in [6.45, 7) is 1.49. The molecule has 3 aromatic rings. The summed E-state index contributed by atoms with van der Waals surface area (Å²) >= 11 is 0. The van der Waals surface area contributed by atoms with E-state index >= 15 is 0 Å². The van der Waals surface area contributed by atoms with Gasteiger partial charge in [-0.05, 0) is 43.4 Å². The molecule has 2 aromatic heterocycles. The van der Waals surface area contributed by atoms with Crippen LogP contribution >= 0.6 is 0 Å². The number of anilines is 3. The fourth-order valence-electron chi connectivity index (χ4n) is 4.79. The molecule has 34 heavy (non-hydrogen) atoms.